The number of hydrogen-bond donors (Lipinski definition) is 2. The van der Waals surface area contributed by atoms with Gasteiger partial charge in [0, 0.05) is 49.6 Å². The van der Waals surface area contributed by atoms with Gasteiger partial charge in [-0.1, -0.05) is 6.07 Å². The lowest BCUT2D eigenvalue weighted by Gasteiger charge is -2.18. The zero-order valence-corrected chi connectivity index (χ0v) is 17.6. The fourth-order valence-corrected chi connectivity index (χ4v) is 3.55. The molecule has 0 atom stereocenters. The lowest BCUT2D eigenvalue weighted by atomic mass is 10.0. The highest BCUT2D eigenvalue weighted by Gasteiger charge is 2.23. The molecule has 9 nitrogen and oxygen atoms in total. The van der Waals surface area contributed by atoms with E-state index in [0.29, 0.717) is 35.7 Å². The first-order valence-electron chi connectivity index (χ1n) is 10.1. The van der Waals surface area contributed by atoms with Crippen molar-refractivity contribution in [3.63, 3.8) is 0 Å². The third kappa shape index (κ3) is 5.18. The molecule has 9 heteroatoms. The van der Waals surface area contributed by atoms with Gasteiger partial charge in [-0.25, -0.2) is 0 Å². The van der Waals surface area contributed by atoms with Gasteiger partial charge in [0.25, 0.3) is 17.5 Å². The van der Waals surface area contributed by atoms with Crippen molar-refractivity contribution in [2.45, 2.75) is 19.8 Å². The number of nitro groups is 1. The molecule has 1 saturated heterocycles. The zero-order valence-electron chi connectivity index (χ0n) is 17.6. The standard InChI is InChI=1S/C22H26N4O5/c1-15-17(22(28)25-11-3-4-12-25)6-5-7-18(15)24-21(27)16-8-9-19(23-10-13-31-2)20(14-16)26(29)30/h5-9,14,23H,3-4,10-13H2,1-2H3,(H,24,27). The van der Waals surface area contributed by atoms with Crippen LogP contribution in [0, 0.1) is 17.0 Å². The van der Waals surface area contributed by atoms with Crippen LogP contribution in [0.2, 0.25) is 0 Å². The highest BCUT2D eigenvalue weighted by Crippen LogP contribution is 2.27. The van der Waals surface area contributed by atoms with Crippen LogP contribution in [-0.4, -0.2) is 55.0 Å². The molecule has 0 radical (unpaired) electrons. The first-order chi connectivity index (χ1) is 14.9. The summed E-state index contributed by atoms with van der Waals surface area (Å²) in [5.74, 6) is -0.534. The summed E-state index contributed by atoms with van der Waals surface area (Å²) in [5, 5.41) is 17.2. The van der Waals surface area contributed by atoms with Crippen LogP contribution in [0.5, 0.6) is 0 Å². The van der Waals surface area contributed by atoms with E-state index in [1.54, 1.807) is 32.2 Å². The van der Waals surface area contributed by atoms with E-state index in [2.05, 4.69) is 10.6 Å². The van der Waals surface area contributed by atoms with Crippen molar-refractivity contribution in [3.8, 4) is 0 Å². The van der Waals surface area contributed by atoms with Gasteiger partial charge in [0.15, 0.2) is 0 Å². The Morgan fingerprint density at radius 2 is 1.90 bits per heavy atom. The maximum absolute atomic E-state index is 12.8. The number of carbonyl (C=O) groups is 2. The van der Waals surface area contributed by atoms with Gasteiger partial charge in [0.1, 0.15) is 5.69 Å². The lowest BCUT2D eigenvalue weighted by Crippen LogP contribution is -2.28. The number of hydrogen-bond acceptors (Lipinski definition) is 6. The molecule has 0 bridgehead atoms. The van der Waals surface area contributed by atoms with Crippen LogP contribution in [-0.2, 0) is 4.74 Å². The summed E-state index contributed by atoms with van der Waals surface area (Å²) in [6, 6.07) is 9.44. The van der Waals surface area contributed by atoms with E-state index in [0.717, 1.165) is 25.9 Å². The number of methoxy groups -OCH3 is 1. The number of likely N-dealkylation sites (tertiary alicyclic amines) is 1. The zero-order chi connectivity index (χ0) is 22.4. The predicted octanol–water partition coefficient (Wildman–Crippen LogP) is 3.45. The minimum absolute atomic E-state index is 0.0479. The summed E-state index contributed by atoms with van der Waals surface area (Å²) in [6.45, 7) is 4.06. The molecule has 31 heavy (non-hydrogen) atoms. The van der Waals surface area contributed by atoms with Crippen LogP contribution in [0.25, 0.3) is 0 Å². The Morgan fingerprint density at radius 3 is 2.58 bits per heavy atom. The third-order valence-corrected chi connectivity index (χ3v) is 5.28. The van der Waals surface area contributed by atoms with Gasteiger partial charge in [-0.2, -0.15) is 0 Å². The van der Waals surface area contributed by atoms with Gasteiger partial charge in [0.2, 0.25) is 0 Å². The summed E-state index contributed by atoms with van der Waals surface area (Å²) in [5.41, 5.74) is 1.98. The Hall–Kier alpha value is -3.46. The molecule has 1 aliphatic rings. The summed E-state index contributed by atoms with van der Waals surface area (Å²) < 4.78 is 4.94. The van der Waals surface area contributed by atoms with E-state index in [1.165, 1.54) is 18.2 Å². The Morgan fingerprint density at radius 1 is 1.16 bits per heavy atom. The van der Waals surface area contributed by atoms with E-state index in [9.17, 15) is 19.7 Å². The number of rotatable bonds is 8. The van der Waals surface area contributed by atoms with Crippen molar-refractivity contribution in [2.75, 3.05) is 44.0 Å². The van der Waals surface area contributed by atoms with Crippen LogP contribution < -0.4 is 10.6 Å². The smallest absolute Gasteiger partial charge is 0.293 e. The fraction of sp³-hybridized carbons (Fsp3) is 0.364. The van der Waals surface area contributed by atoms with Gasteiger partial charge < -0.3 is 20.3 Å². The summed E-state index contributed by atoms with van der Waals surface area (Å²) in [4.78, 5) is 38.3. The molecule has 0 aromatic heterocycles. The van der Waals surface area contributed by atoms with Crippen LogP contribution in [0.4, 0.5) is 17.1 Å². The van der Waals surface area contributed by atoms with Crippen molar-refractivity contribution in [2.24, 2.45) is 0 Å². The number of carbonyl (C=O) groups excluding carboxylic acids is 2. The maximum Gasteiger partial charge on any atom is 0.293 e. The largest absolute Gasteiger partial charge is 0.383 e. The molecule has 3 rings (SSSR count). The fourth-order valence-electron chi connectivity index (χ4n) is 3.55. The lowest BCUT2D eigenvalue weighted by molar-refractivity contribution is -0.384. The summed E-state index contributed by atoms with van der Waals surface area (Å²) >= 11 is 0. The normalized spacial score (nSPS) is 13.2. The second-order valence-electron chi connectivity index (χ2n) is 7.34. The topological polar surface area (TPSA) is 114 Å². The molecule has 0 spiro atoms. The highest BCUT2D eigenvalue weighted by atomic mass is 16.6. The van der Waals surface area contributed by atoms with E-state index >= 15 is 0 Å². The van der Waals surface area contributed by atoms with Gasteiger partial charge in [-0.05, 0) is 49.6 Å². The molecule has 2 aromatic rings. The molecule has 0 unspecified atom stereocenters. The highest BCUT2D eigenvalue weighted by molar-refractivity contribution is 6.06. The summed E-state index contributed by atoms with van der Waals surface area (Å²) in [6.07, 6.45) is 1.99. The van der Waals surface area contributed by atoms with Gasteiger partial charge in [-0.15, -0.1) is 0 Å². The number of nitro benzene ring substituents is 1. The molecule has 1 aliphatic heterocycles. The second-order valence-corrected chi connectivity index (χ2v) is 7.34. The van der Waals surface area contributed by atoms with Crippen LogP contribution in [0.15, 0.2) is 36.4 Å². The molecule has 0 aliphatic carbocycles. The number of benzene rings is 2. The Kier molecular flexibility index (Phi) is 7.19. The van der Waals surface area contributed by atoms with Gasteiger partial charge in [-0.3, -0.25) is 19.7 Å². The maximum atomic E-state index is 12.8. The number of nitrogens with zero attached hydrogens (tertiary/aromatic N) is 2. The number of anilines is 2. The van der Waals surface area contributed by atoms with E-state index in [1.807, 2.05) is 4.90 Å². The van der Waals surface area contributed by atoms with E-state index in [-0.39, 0.29) is 17.2 Å². The minimum atomic E-state index is -0.535. The van der Waals surface area contributed by atoms with Crippen LogP contribution in [0.3, 0.4) is 0 Å². The predicted molar refractivity (Wildman–Crippen MR) is 118 cm³/mol. The molecule has 164 valence electrons. The van der Waals surface area contributed by atoms with Crippen LogP contribution >= 0.6 is 0 Å². The third-order valence-electron chi connectivity index (χ3n) is 5.28. The minimum Gasteiger partial charge on any atom is -0.383 e. The van der Waals surface area contributed by atoms with Crippen LogP contribution in [0.1, 0.15) is 39.1 Å². The number of amides is 2. The average molecular weight is 426 g/mol. The van der Waals surface area contributed by atoms with Crippen molar-refractivity contribution in [1.29, 1.82) is 0 Å². The molecule has 0 saturated carbocycles. The Balaban J connectivity index is 1.79. The molecular weight excluding hydrogens is 400 g/mol. The van der Waals surface area contributed by atoms with E-state index < -0.39 is 10.8 Å². The van der Waals surface area contributed by atoms with Crippen molar-refractivity contribution >= 4 is 28.9 Å². The molecule has 2 aromatic carbocycles. The number of nitrogens with one attached hydrogen (secondary N) is 2. The number of ether oxygens (including phenoxy) is 1. The van der Waals surface area contributed by atoms with E-state index in [4.69, 9.17) is 4.74 Å². The van der Waals surface area contributed by atoms with Crippen molar-refractivity contribution < 1.29 is 19.2 Å². The molecular formula is C22H26N4O5. The Bertz CT molecular complexity index is 986. The molecule has 1 fully saturated rings. The average Bonchev–Trinajstić information content (AvgIpc) is 3.30. The SMILES string of the molecule is COCCNc1ccc(C(=O)Nc2cccc(C(=O)N3CCCC3)c2C)cc1[N+](=O)[O-]. The summed E-state index contributed by atoms with van der Waals surface area (Å²) in [7, 11) is 1.54. The first kappa shape index (κ1) is 22.2. The monoisotopic (exact) mass is 426 g/mol. The molecule has 2 amide bonds. The molecule has 2 N–H and O–H groups in total. The van der Waals surface area contributed by atoms with Crippen molar-refractivity contribution in [3.05, 3.63) is 63.2 Å². The van der Waals surface area contributed by atoms with Crippen molar-refractivity contribution in [1.82, 2.24) is 4.90 Å². The molecule has 1 heterocycles. The quantitative estimate of drug-likeness (QED) is 0.380. The van der Waals surface area contributed by atoms with Gasteiger partial charge >= 0.3 is 0 Å². The van der Waals surface area contributed by atoms with Gasteiger partial charge in [0.05, 0.1) is 11.5 Å². The first-order valence-corrected chi connectivity index (χ1v) is 10.1. The Labute approximate surface area is 180 Å². The second kappa shape index (κ2) is 10.0.